The lowest BCUT2D eigenvalue weighted by Gasteiger charge is -2.21. The van der Waals surface area contributed by atoms with Crippen molar-refractivity contribution in [2.45, 2.75) is 17.9 Å². The highest BCUT2D eigenvalue weighted by atomic mass is 35.5. The van der Waals surface area contributed by atoms with E-state index in [0.29, 0.717) is 15.6 Å². The molecule has 0 bridgehead atoms. The molecule has 0 aromatic heterocycles. The van der Waals surface area contributed by atoms with Crippen LogP contribution in [0.1, 0.15) is 22.7 Å². The Hall–Kier alpha value is -1.85. The van der Waals surface area contributed by atoms with Crippen LogP contribution < -0.4 is 4.72 Å². The molecule has 0 aliphatic carbocycles. The van der Waals surface area contributed by atoms with Gasteiger partial charge < -0.3 is 0 Å². The van der Waals surface area contributed by atoms with E-state index < -0.39 is 16.1 Å². The number of nitrogens with one attached hydrogen (secondary N) is 1. The number of hydrogen-bond acceptors (Lipinski definition) is 2. The fourth-order valence-corrected chi connectivity index (χ4v) is 4.26. The highest BCUT2D eigenvalue weighted by Crippen LogP contribution is 2.34. The number of hydrogen-bond donors (Lipinski definition) is 1. The third-order valence-corrected chi connectivity index (χ3v) is 6.30. The minimum atomic E-state index is -3.75. The number of sulfonamides is 1. The summed E-state index contributed by atoms with van der Waals surface area (Å²) >= 11 is 12.5. The van der Waals surface area contributed by atoms with Crippen molar-refractivity contribution in [1.82, 2.24) is 4.72 Å². The zero-order valence-electron chi connectivity index (χ0n) is 14.0. The van der Waals surface area contributed by atoms with Gasteiger partial charge in [0.15, 0.2) is 0 Å². The highest BCUT2D eigenvalue weighted by Gasteiger charge is 2.25. The average Bonchev–Trinajstić information content (AvgIpc) is 2.63. The first kappa shape index (κ1) is 18.9. The number of halogens is 2. The summed E-state index contributed by atoms with van der Waals surface area (Å²) in [6.07, 6.45) is 0. The molecule has 0 unspecified atom stereocenters. The van der Waals surface area contributed by atoms with Gasteiger partial charge in [-0.05, 0) is 36.2 Å². The molecule has 0 heterocycles. The molecule has 0 amide bonds. The smallest absolute Gasteiger partial charge is 0.207 e. The molecule has 1 atom stereocenters. The van der Waals surface area contributed by atoms with Gasteiger partial charge in [0, 0.05) is 0 Å². The Balaban J connectivity index is 2.07. The molecule has 3 rings (SSSR count). The van der Waals surface area contributed by atoms with Gasteiger partial charge in [0.25, 0.3) is 0 Å². The van der Waals surface area contributed by atoms with E-state index in [4.69, 9.17) is 23.2 Å². The Morgan fingerprint density at radius 1 is 0.846 bits per heavy atom. The van der Waals surface area contributed by atoms with E-state index in [1.807, 2.05) is 37.3 Å². The van der Waals surface area contributed by atoms with E-state index >= 15 is 0 Å². The molecule has 0 aliphatic rings. The van der Waals surface area contributed by atoms with E-state index in [-0.39, 0.29) is 4.90 Å². The fraction of sp³-hybridized carbons (Fsp3) is 0.100. The molecule has 0 fully saturated rings. The molecule has 1 N–H and O–H groups in total. The van der Waals surface area contributed by atoms with Crippen molar-refractivity contribution < 1.29 is 8.42 Å². The standard InChI is InChI=1S/C20H17Cl2NO2S/c1-14-10-12-16(13-11-14)26(24,25)23-20(15-6-3-2-4-7-15)17-8-5-9-18(21)19(17)22/h2-13,20,23H,1H3/t20-/m0/s1. The average molecular weight is 406 g/mol. The molecule has 134 valence electrons. The molecule has 3 aromatic carbocycles. The van der Waals surface area contributed by atoms with E-state index in [0.717, 1.165) is 11.1 Å². The first-order valence-corrected chi connectivity index (χ1v) is 10.2. The first-order valence-electron chi connectivity index (χ1n) is 7.96. The van der Waals surface area contributed by atoms with Gasteiger partial charge in [-0.2, -0.15) is 4.72 Å². The molecule has 0 spiro atoms. The lowest BCUT2D eigenvalue weighted by atomic mass is 10.00. The Morgan fingerprint density at radius 2 is 1.50 bits per heavy atom. The van der Waals surface area contributed by atoms with Crippen LogP contribution in [-0.2, 0) is 10.0 Å². The van der Waals surface area contributed by atoms with Crippen LogP contribution in [0.5, 0.6) is 0 Å². The Labute approximate surface area is 163 Å². The molecule has 6 heteroatoms. The van der Waals surface area contributed by atoms with Gasteiger partial charge in [0.1, 0.15) is 0 Å². The van der Waals surface area contributed by atoms with Crippen molar-refractivity contribution in [2.75, 3.05) is 0 Å². The maximum absolute atomic E-state index is 12.9. The van der Waals surface area contributed by atoms with Crippen LogP contribution in [0.3, 0.4) is 0 Å². The summed E-state index contributed by atoms with van der Waals surface area (Å²) in [5.41, 5.74) is 2.36. The molecule has 3 aromatic rings. The maximum atomic E-state index is 12.9. The van der Waals surface area contributed by atoms with Crippen LogP contribution in [0.2, 0.25) is 10.0 Å². The summed E-state index contributed by atoms with van der Waals surface area (Å²) < 4.78 is 28.6. The second-order valence-electron chi connectivity index (χ2n) is 5.92. The zero-order chi connectivity index (χ0) is 18.7. The van der Waals surface area contributed by atoms with E-state index in [9.17, 15) is 8.42 Å². The number of aryl methyl sites for hydroxylation is 1. The third-order valence-electron chi connectivity index (χ3n) is 4.03. The van der Waals surface area contributed by atoms with Crippen molar-refractivity contribution in [2.24, 2.45) is 0 Å². The summed E-state index contributed by atoms with van der Waals surface area (Å²) in [5.74, 6) is 0. The summed E-state index contributed by atoms with van der Waals surface area (Å²) in [4.78, 5) is 0.196. The topological polar surface area (TPSA) is 46.2 Å². The van der Waals surface area contributed by atoms with Crippen LogP contribution in [0.25, 0.3) is 0 Å². The van der Waals surface area contributed by atoms with Crippen molar-refractivity contribution in [3.8, 4) is 0 Å². The minimum Gasteiger partial charge on any atom is -0.207 e. The van der Waals surface area contributed by atoms with Gasteiger partial charge >= 0.3 is 0 Å². The van der Waals surface area contributed by atoms with Crippen LogP contribution in [0, 0.1) is 6.92 Å². The van der Waals surface area contributed by atoms with Gasteiger partial charge in [-0.1, -0.05) is 83.4 Å². The minimum absolute atomic E-state index is 0.196. The van der Waals surface area contributed by atoms with Crippen molar-refractivity contribution >= 4 is 33.2 Å². The van der Waals surface area contributed by atoms with Crippen LogP contribution in [-0.4, -0.2) is 8.42 Å². The largest absolute Gasteiger partial charge is 0.241 e. The predicted molar refractivity (Wildman–Crippen MR) is 106 cm³/mol. The third kappa shape index (κ3) is 4.10. The van der Waals surface area contributed by atoms with Crippen molar-refractivity contribution in [3.05, 3.63) is 99.5 Å². The predicted octanol–water partition coefficient (Wildman–Crippen LogP) is 5.37. The van der Waals surface area contributed by atoms with Crippen LogP contribution >= 0.6 is 23.2 Å². The van der Waals surface area contributed by atoms with Gasteiger partial charge in [0.2, 0.25) is 10.0 Å². The van der Waals surface area contributed by atoms with Gasteiger partial charge in [0.05, 0.1) is 21.0 Å². The molecule has 0 saturated carbocycles. The molecular formula is C20H17Cl2NO2S. The molecule has 0 saturated heterocycles. The molecule has 0 radical (unpaired) electrons. The normalized spacial score (nSPS) is 12.7. The molecule has 0 aliphatic heterocycles. The fourth-order valence-electron chi connectivity index (χ4n) is 2.64. The van der Waals surface area contributed by atoms with Gasteiger partial charge in [-0.15, -0.1) is 0 Å². The van der Waals surface area contributed by atoms with Gasteiger partial charge in [-0.3, -0.25) is 0 Å². The first-order chi connectivity index (χ1) is 12.4. The summed E-state index contributed by atoms with van der Waals surface area (Å²) in [6, 6.07) is 20.5. The van der Waals surface area contributed by atoms with Gasteiger partial charge in [-0.25, -0.2) is 8.42 Å². The van der Waals surface area contributed by atoms with E-state index in [1.165, 1.54) is 0 Å². The van der Waals surface area contributed by atoms with E-state index in [2.05, 4.69) is 4.72 Å². The lowest BCUT2D eigenvalue weighted by molar-refractivity contribution is 0.572. The Morgan fingerprint density at radius 3 is 2.15 bits per heavy atom. The highest BCUT2D eigenvalue weighted by molar-refractivity contribution is 7.89. The SMILES string of the molecule is Cc1ccc(S(=O)(=O)N[C@@H](c2ccccc2)c2cccc(Cl)c2Cl)cc1. The number of rotatable bonds is 5. The Kier molecular flexibility index (Phi) is 5.68. The molecular weight excluding hydrogens is 389 g/mol. The van der Waals surface area contributed by atoms with Crippen molar-refractivity contribution in [3.63, 3.8) is 0 Å². The van der Waals surface area contributed by atoms with Crippen LogP contribution in [0.15, 0.2) is 77.7 Å². The molecule has 3 nitrogen and oxygen atoms in total. The monoisotopic (exact) mass is 405 g/mol. The number of benzene rings is 3. The lowest BCUT2D eigenvalue weighted by Crippen LogP contribution is -2.29. The van der Waals surface area contributed by atoms with Crippen LogP contribution in [0.4, 0.5) is 0 Å². The summed E-state index contributed by atoms with van der Waals surface area (Å²) in [6.45, 7) is 1.91. The summed E-state index contributed by atoms with van der Waals surface area (Å²) in [5, 5.41) is 0.703. The zero-order valence-corrected chi connectivity index (χ0v) is 16.3. The quantitative estimate of drug-likeness (QED) is 0.619. The second-order valence-corrected chi connectivity index (χ2v) is 8.42. The maximum Gasteiger partial charge on any atom is 0.241 e. The van der Waals surface area contributed by atoms with Crippen molar-refractivity contribution in [1.29, 1.82) is 0 Å². The summed E-state index contributed by atoms with van der Waals surface area (Å²) in [7, 11) is -3.75. The second kappa shape index (κ2) is 7.80. The Bertz CT molecular complexity index is 1000. The molecule has 26 heavy (non-hydrogen) atoms. The van der Waals surface area contributed by atoms with E-state index in [1.54, 1.807) is 42.5 Å².